The molecule has 1 saturated carbocycles. The van der Waals surface area contributed by atoms with Crippen molar-refractivity contribution in [3.8, 4) is 11.3 Å². The van der Waals surface area contributed by atoms with Gasteiger partial charge in [0.05, 0.1) is 34.9 Å². The minimum Gasteiger partial charge on any atom is -0.330 e. The monoisotopic (exact) mass is 443 g/mol. The Hall–Kier alpha value is -3.10. The maximum Gasteiger partial charge on any atom is 0.257 e. The van der Waals surface area contributed by atoms with Crippen molar-refractivity contribution in [3.63, 3.8) is 0 Å². The molecule has 2 aromatic heterocycles. The molecule has 1 atom stereocenters. The fourth-order valence-electron chi connectivity index (χ4n) is 4.96. The number of carbonyl (C=O) groups is 1. The lowest BCUT2D eigenvalue weighted by molar-refractivity contribution is 0.0671. The van der Waals surface area contributed by atoms with Gasteiger partial charge in [-0.2, -0.15) is 10.2 Å². The van der Waals surface area contributed by atoms with Crippen molar-refractivity contribution < 1.29 is 18.0 Å². The zero-order chi connectivity index (χ0) is 22.9. The maximum atomic E-state index is 13.9. The molecule has 0 unspecified atom stereocenters. The topological polar surface area (TPSA) is 56.0 Å². The Morgan fingerprint density at radius 3 is 2.41 bits per heavy atom. The Morgan fingerprint density at radius 1 is 1.12 bits per heavy atom. The van der Waals surface area contributed by atoms with E-state index in [-0.39, 0.29) is 22.9 Å². The first-order valence-electron chi connectivity index (χ1n) is 10.7. The highest BCUT2D eigenvalue weighted by Crippen LogP contribution is 2.49. The summed E-state index contributed by atoms with van der Waals surface area (Å²) in [6.07, 6.45) is 4.17. The minimum absolute atomic E-state index is 0.0185. The van der Waals surface area contributed by atoms with E-state index in [1.165, 1.54) is 0 Å². The van der Waals surface area contributed by atoms with Crippen LogP contribution in [0.1, 0.15) is 60.0 Å². The van der Waals surface area contributed by atoms with Crippen molar-refractivity contribution in [2.75, 3.05) is 6.54 Å². The standard InChI is InChI=1S/C23H24F3N5O/c1-12-19-14(20(29(3)28-19)13-9-16(24)18(26)17(25)10-13)5-8-31(12)22(32)15-11-27-30(4)21(15)23(2)6-7-23/h9-12H,5-8H2,1-4H3/t12-/m0/s1. The van der Waals surface area contributed by atoms with Crippen LogP contribution >= 0.6 is 0 Å². The average Bonchev–Trinajstić information content (AvgIpc) is 3.20. The van der Waals surface area contributed by atoms with Gasteiger partial charge in [0.25, 0.3) is 5.91 Å². The molecule has 168 valence electrons. The normalized spacial score (nSPS) is 19.2. The molecule has 1 aromatic carbocycles. The maximum absolute atomic E-state index is 13.9. The van der Waals surface area contributed by atoms with Gasteiger partial charge in [0.1, 0.15) is 0 Å². The van der Waals surface area contributed by atoms with E-state index in [1.54, 1.807) is 27.5 Å². The lowest BCUT2D eigenvalue weighted by atomic mass is 9.94. The van der Waals surface area contributed by atoms with E-state index in [2.05, 4.69) is 17.1 Å². The molecule has 1 fully saturated rings. The lowest BCUT2D eigenvalue weighted by Crippen LogP contribution is -2.39. The second kappa shape index (κ2) is 6.95. The van der Waals surface area contributed by atoms with E-state index in [0.717, 1.165) is 36.2 Å². The summed E-state index contributed by atoms with van der Waals surface area (Å²) in [7, 11) is 3.54. The molecule has 9 heteroatoms. The summed E-state index contributed by atoms with van der Waals surface area (Å²) < 4.78 is 44.5. The largest absolute Gasteiger partial charge is 0.330 e. The highest BCUT2D eigenvalue weighted by Gasteiger charge is 2.45. The van der Waals surface area contributed by atoms with E-state index >= 15 is 0 Å². The minimum atomic E-state index is -1.49. The van der Waals surface area contributed by atoms with E-state index in [9.17, 15) is 18.0 Å². The highest BCUT2D eigenvalue weighted by atomic mass is 19.2. The number of hydrogen-bond donors (Lipinski definition) is 0. The number of halogens is 3. The first-order chi connectivity index (χ1) is 15.1. The number of fused-ring (bicyclic) bond motifs is 1. The summed E-state index contributed by atoms with van der Waals surface area (Å²) in [4.78, 5) is 15.3. The van der Waals surface area contributed by atoms with Gasteiger partial charge >= 0.3 is 0 Å². The van der Waals surface area contributed by atoms with Gasteiger partial charge in [0.15, 0.2) is 17.5 Å². The summed E-state index contributed by atoms with van der Waals surface area (Å²) in [5.74, 6) is -4.07. The van der Waals surface area contributed by atoms with E-state index < -0.39 is 17.5 Å². The van der Waals surface area contributed by atoms with Gasteiger partial charge in [0.2, 0.25) is 0 Å². The van der Waals surface area contributed by atoms with Crippen LogP contribution in [0.25, 0.3) is 11.3 Å². The van der Waals surface area contributed by atoms with Crippen molar-refractivity contribution in [1.82, 2.24) is 24.5 Å². The number of aryl methyl sites for hydroxylation is 2. The smallest absolute Gasteiger partial charge is 0.257 e. The zero-order valence-electron chi connectivity index (χ0n) is 18.4. The third-order valence-corrected chi connectivity index (χ3v) is 6.90. The molecule has 32 heavy (non-hydrogen) atoms. The Morgan fingerprint density at radius 2 is 1.78 bits per heavy atom. The molecule has 1 amide bonds. The van der Waals surface area contributed by atoms with Gasteiger partial charge < -0.3 is 4.90 Å². The van der Waals surface area contributed by atoms with Crippen molar-refractivity contribution in [2.24, 2.45) is 14.1 Å². The first-order valence-corrected chi connectivity index (χ1v) is 10.7. The summed E-state index contributed by atoms with van der Waals surface area (Å²) in [5, 5.41) is 8.91. The molecule has 1 aliphatic heterocycles. The molecule has 0 spiro atoms. The SMILES string of the molecule is C[C@H]1c2nn(C)c(-c3cc(F)c(F)c(F)c3)c2CCN1C(=O)c1cnn(C)c1C1(C)CC1. The Bertz CT molecular complexity index is 1230. The summed E-state index contributed by atoms with van der Waals surface area (Å²) in [5.41, 5.74) is 3.80. The number of hydrogen-bond acceptors (Lipinski definition) is 3. The summed E-state index contributed by atoms with van der Waals surface area (Å²) >= 11 is 0. The zero-order valence-corrected chi connectivity index (χ0v) is 18.4. The molecule has 3 heterocycles. The Kier molecular flexibility index (Phi) is 4.51. The van der Waals surface area contributed by atoms with Gasteiger partial charge in [-0.05, 0) is 38.3 Å². The Balaban J connectivity index is 1.51. The van der Waals surface area contributed by atoms with Crippen LogP contribution in [0, 0.1) is 17.5 Å². The van der Waals surface area contributed by atoms with Crippen LogP contribution in [0.5, 0.6) is 0 Å². The van der Waals surface area contributed by atoms with Crippen molar-refractivity contribution in [3.05, 3.63) is 58.3 Å². The van der Waals surface area contributed by atoms with Gasteiger partial charge in [-0.1, -0.05) is 6.92 Å². The highest BCUT2D eigenvalue weighted by molar-refractivity contribution is 5.96. The van der Waals surface area contributed by atoms with E-state index in [0.29, 0.717) is 29.9 Å². The average molecular weight is 443 g/mol. The number of carbonyl (C=O) groups excluding carboxylic acids is 1. The molecule has 1 aliphatic carbocycles. The van der Waals surface area contributed by atoms with Gasteiger partial charge in [-0.25, -0.2) is 13.2 Å². The van der Waals surface area contributed by atoms with Crippen LogP contribution in [0.2, 0.25) is 0 Å². The molecular weight excluding hydrogens is 419 g/mol. The van der Waals surface area contributed by atoms with Gasteiger partial charge in [-0.15, -0.1) is 0 Å². The fraction of sp³-hybridized carbons (Fsp3) is 0.435. The van der Waals surface area contributed by atoms with Gasteiger partial charge in [-0.3, -0.25) is 14.2 Å². The quantitative estimate of drug-likeness (QED) is 0.574. The molecule has 0 bridgehead atoms. The lowest BCUT2D eigenvalue weighted by Gasteiger charge is -2.33. The van der Waals surface area contributed by atoms with Crippen molar-refractivity contribution in [2.45, 2.75) is 44.6 Å². The molecule has 2 aliphatic rings. The second-order valence-corrected chi connectivity index (χ2v) is 9.11. The van der Waals surface area contributed by atoms with Crippen LogP contribution in [0.15, 0.2) is 18.3 Å². The second-order valence-electron chi connectivity index (χ2n) is 9.11. The molecule has 0 N–H and O–H groups in total. The molecular formula is C23H24F3N5O. The number of nitrogens with zero attached hydrogens (tertiary/aromatic N) is 5. The molecule has 0 radical (unpaired) electrons. The van der Waals surface area contributed by atoms with Gasteiger partial charge in [0, 0.05) is 37.2 Å². The van der Waals surface area contributed by atoms with Crippen LogP contribution in [0.4, 0.5) is 13.2 Å². The number of amides is 1. The third-order valence-electron chi connectivity index (χ3n) is 6.90. The van der Waals surface area contributed by atoms with E-state index in [4.69, 9.17) is 0 Å². The van der Waals surface area contributed by atoms with Crippen molar-refractivity contribution in [1.29, 1.82) is 0 Å². The first kappa shape index (κ1) is 20.8. The number of aromatic nitrogens is 4. The molecule has 5 rings (SSSR count). The van der Waals surface area contributed by atoms with Crippen LogP contribution < -0.4 is 0 Å². The fourth-order valence-corrected chi connectivity index (χ4v) is 4.96. The number of rotatable bonds is 3. The number of benzene rings is 1. The van der Waals surface area contributed by atoms with Crippen LogP contribution in [0.3, 0.4) is 0 Å². The summed E-state index contributed by atoms with van der Waals surface area (Å²) in [6, 6.07) is 1.63. The molecule has 6 nitrogen and oxygen atoms in total. The van der Waals surface area contributed by atoms with E-state index in [1.807, 2.05) is 14.0 Å². The predicted octanol–water partition coefficient (Wildman–Crippen LogP) is 4.05. The summed E-state index contributed by atoms with van der Waals surface area (Å²) in [6.45, 7) is 4.47. The molecule has 3 aromatic rings. The molecule has 0 saturated heterocycles. The third kappa shape index (κ3) is 2.97. The van der Waals surface area contributed by atoms with Crippen molar-refractivity contribution >= 4 is 5.91 Å². The predicted molar refractivity (Wildman–Crippen MR) is 111 cm³/mol. The Labute approximate surface area is 183 Å². The van der Waals surface area contributed by atoms with Crippen LogP contribution in [-0.2, 0) is 25.9 Å². The van der Waals surface area contributed by atoms with Crippen LogP contribution in [-0.4, -0.2) is 36.9 Å².